The third-order valence-corrected chi connectivity index (χ3v) is 3.97. The molecule has 0 bridgehead atoms. The fraction of sp³-hybridized carbons (Fsp3) is 1.00. The molecule has 0 aromatic rings. The van der Waals surface area contributed by atoms with Gasteiger partial charge in [-0.2, -0.15) is 11.8 Å². The normalized spacial score (nSPS) is 20.3. The molecule has 6 heteroatoms. The zero-order chi connectivity index (χ0) is 17.4. The van der Waals surface area contributed by atoms with Crippen LogP contribution in [0.15, 0.2) is 0 Å². The molecule has 5 N–H and O–H groups in total. The molecule has 0 unspecified atom stereocenters. The smallest absolute Gasteiger partial charge is 0.00772 e. The molecule has 0 spiro atoms. The van der Waals surface area contributed by atoms with Gasteiger partial charge in [-0.3, -0.25) is 0 Å². The molecule has 0 saturated carbocycles. The predicted molar refractivity (Wildman–Crippen MR) is 109 cm³/mol. The third-order valence-electron chi connectivity index (χ3n) is 2.99. The van der Waals surface area contributed by atoms with Crippen LogP contribution in [0.5, 0.6) is 0 Å². The molecular weight excluding hydrogens is 306 g/mol. The molecular formula is C17H43N5S. The minimum Gasteiger partial charge on any atom is -0.315 e. The summed E-state index contributed by atoms with van der Waals surface area (Å²) in [5, 5.41) is 16.3. The van der Waals surface area contributed by atoms with E-state index >= 15 is 0 Å². The van der Waals surface area contributed by atoms with E-state index in [1.165, 1.54) is 44.1 Å². The molecule has 3 aliphatic heterocycles. The van der Waals surface area contributed by atoms with Crippen LogP contribution in [-0.2, 0) is 0 Å². The van der Waals surface area contributed by atoms with E-state index < -0.39 is 0 Å². The molecule has 0 amide bonds. The summed E-state index contributed by atoms with van der Waals surface area (Å²) in [6.07, 6.45) is 1.28. The van der Waals surface area contributed by atoms with Crippen molar-refractivity contribution in [2.75, 3.05) is 77.0 Å². The summed E-state index contributed by atoms with van der Waals surface area (Å²) in [4.78, 5) is 0. The second-order valence-electron chi connectivity index (χ2n) is 4.72. The standard InChI is InChI=1S/C5H12N2.C4H10N2.C4H9NS.2C2H6/c1-2-6-4-5-7-3-1;1-2-6-4-3-5-1;1-3-6-4-2-5-1;2*1-2/h6-7H,1-5H2;5-6H,1-4H2;5H,1-4H2;2*1-2H3. The van der Waals surface area contributed by atoms with Crippen molar-refractivity contribution in [3.8, 4) is 0 Å². The fourth-order valence-corrected chi connectivity index (χ4v) is 2.67. The third kappa shape index (κ3) is 24.5. The van der Waals surface area contributed by atoms with Gasteiger partial charge in [-0.15, -0.1) is 0 Å². The maximum absolute atomic E-state index is 3.28. The maximum Gasteiger partial charge on any atom is 0.00772 e. The summed E-state index contributed by atoms with van der Waals surface area (Å²) in [6, 6.07) is 0. The van der Waals surface area contributed by atoms with Gasteiger partial charge < -0.3 is 26.6 Å². The van der Waals surface area contributed by atoms with E-state index in [4.69, 9.17) is 0 Å². The van der Waals surface area contributed by atoms with E-state index in [0.717, 1.165) is 39.3 Å². The van der Waals surface area contributed by atoms with Gasteiger partial charge in [0.2, 0.25) is 0 Å². The van der Waals surface area contributed by atoms with Crippen LogP contribution in [0, 0.1) is 0 Å². The lowest BCUT2D eigenvalue weighted by atomic mass is 10.4. The van der Waals surface area contributed by atoms with Gasteiger partial charge in [0.15, 0.2) is 0 Å². The van der Waals surface area contributed by atoms with Crippen LogP contribution < -0.4 is 26.6 Å². The molecule has 0 aromatic carbocycles. The Morgan fingerprint density at radius 1 is 0.435 bits per heavy atom. The molecule has 0 atom stereocenters. The van der Waals surface area contributed by atoms with Crippen molar-refractivity contribution in [3.05, 3.63) is 0 Å². The van der Waals surface area contributed by atoms with Crippen LogP contribution in [0.25, 0.3) is 0 Å². The lowest BCUT2D eigenvalue weighted by Crippen LogP contribution is -2.39. The molecule has 3 fully saturated rings. The Morgan fingerprint density at radius 3 is 0.957 bits per heavy atom. The second kappa shape index (κ2) is 27.0. The first-order valence-corrected chi connectivity index (χ1v) is 10.8. The first-order chi connectivity index (χ1) is 11.5. The van der Waals surface area contributed by atoms with Gasteiger partial charge in [0, 0.05) is 63.9 Å². The Bertz CT molecular complexity index is 122. The monoisotopic (exact) mass is 349 g/mol. The lowest BCUT2D eigenvalue weighted by molar-refractivity contribution is 0.534. The molecule has 0 radical (unpaired) electrons. The minimum absolute atomic E-state index is 1.14. The highest BCUT2D eigenvalue weighted by atomic mass is 32.2. The number of hydrogen-bond donors (Lipinski definition) is 5. The first-order valence-electron chi connectivity index (χ1n) is 9.61. The van der Waals surface area contributed by atoms with Gasteiger partial charge in [0.05, 0.1) is 0 Å². The Hall–Kier alpha value is 0.150. The minimum atomic E-state index is 1.14. The fourth-order valence-electron chi connectivity index (χ4n) is 1.88. The van der Waals surface area contributed by atoms with Crippen molar-refractivity contribution in [1.29, 1.82) is 0 Å². The van der Waals surface area contributed by atoms with Crippen LogP contribution in [0.1, 0.15) is 34.1 Å². The number of thioether (sulfide) groups is 1. The largest absolute Gasteiger partial charge is 0.315 e. The Kier molecular flexibility index (Phi) is 29.8. The molecule has 3 rings (SSSR count). The summed E-state index contributed by atoms with van der Waals surface area (Å²) < 4.78 is 0. The van der Waals surface area contributed by atoms with Crippen LogP contribution >= 0.6 is 11.8 Å². The van der Waals surface area contributed by atoms with E-state index in [1.807, 2.05) is 39.5 Å². The van der Waals surface area contributed by atoms with Crippen LogP contribution in [0.4, 0.5) is 0 Å². The summed E-state index contributed by atoms with van der Waals surface area (Å²) in [5.74, 6) is 2.61. The van der Waals surface area contributed by atoms with E-state index in [-0.39, 0.29) is 0 Å². The zero-order valence-corrected chi connectivity index (χ0v) is 16.9. The Labute approximate surface area is 149 Å². The van der Waals surface area contributed by atoms with Gasteiger partial charge in [-0.1, -0.05) is 27.7 Å². The Morgan fingerprint density at radius 2 is 0.739 bits per heavy atom. The van der Waals surface area contributed by atoms with Crippen molar-refractivity contribution >= 4 is 11.8 Å². The average molecular weight is 350 g/mol. The van der Waals surface area contributed by atoms with Crippen molar-refractivity contribution < 1.29 is 0 Å². The molecule has 5 nitrogen and oxygen atoms in total. The lowest BCUT2D eigenvalue weighted by Gasteiger charge is -2.11. The van der Waals surface area contributed by atoms with E-state index in [2.05, 4.69) is 26.6 Å². The van der Waals surface area contributed by atoms with Gasteiger partial charge in [-0.05, 0) is 19.5 Å². The van der Waals surface area contributed by atoms with Crippen LogP contribution in [0.2, 0.25) is 0 Å². The van der Waals surface area contributed by atoms with Crippen molar-refractivity contribution in [2.24, 2.45) is 0 Å². The van der Waals surface area contributed by atoms with Gasteiger partial charge >= 0.3 is 0 Å². The highest BCUT2D eigenvalue weighted by Crippen LogP contribution is 1.99. The Balaban J connectivity index is 0. The van der Waals surface area contributed by atoms with E-state index in [9.17, 15) is 0 Å². The number of piperazine rings is 1. The topological polar surface area (TPSA) is 60.1 Å². The molecule has 23 heavy (non-hydrogen) atoms. The van der Waals surface area contributed by atoms with Gasteiger partial charge in [-0.25, -0.2) is 0 Å². The highest BCUT2D eigenvalue weighted by Gasteiger charge is 1.94. The summed E-state index contributed by atoms with van der Waals surface area (Å²) in [5.41, 5.74) is 0. The molecule has 3 saturated heterocycles. The average Bonchev–Trinajstić information content (AvgIpc) is 3.02. The zero-order valence-electron chi connectivity index (χ0n) is 16.1. The maximum atomic E-state index is 3.28. The second-order valence-corrected chi connectivity index (χ2v) is 5.94. The number of hydrogen-bond acceptors (Lipinski definition) is 6. The number of nitrogens with one attached hydrogen (secondary N) is 5. The predicted octanol–water partition coefficient (Wildman–Crippen LogP) is 1.12. The van der Waals surface area contributed by atoms with Gasteiger partial charge in [0.1, 0.15) is 0 Å². The van der Waals surface area contributed by atoms with Crippen LogP contribution in [0.3, 0.4) is 0 Å². The highest BCUT2D eigenvalue weighted by molar-refractivity contribution is 7.99. The first kappa shape index (κ1) is 25.4. The molecule has 3 aliphatic rings. The van der Waals surface area contributed by atoms with Crippen LogP contribution in [-0.4, -0.2) is 77.0 Å². The molecule has 0 aliphatic carbocycles. The van der Waals surface area contributed by atoms with E-state index in [1.54, 1.807) is 0 Å². The molecule has 0 aromatic heterocycles. The van der Waals surface area contributed by atoms with Gasteiger partial charge in [0.25, 0.3) is 0 Å². The van der Waals surface area contributed by atoms with Crippen molar-refractivity contribution in [3.63, 3.8) is 0 Å². The quantitative estimate of drug-likeness (QED) is 0.452. The summed E-state index contributed by atoms with van der Waals surface area (Å²) in [6.45, 7) is 19.6. The van der Waals surface area contributed by atoms with E-state index in [0.29, 0.717) is 0 Å². The molecule has 3 heterocycles. The summed E-state index contributed by atoms with van der Waals surface area (Å²) in [7, 11) is 0. The number of rotatable bonds is 0. The SMILES string of the molecule is C1CNCCN1.C1CNCCNC1.C1CSCCN1.CC.CC. The van der Waals surface area contributed by atoms with Crippen molar-refractivity contribution in [1.82, 2.24) is 26.6 Å². The molecule has 142 valence electrons. The summed E-state index contributed by atoms with van der Waals surface area (Å²) >= 11 is 2.03. The van der Waals surface area contributed by atoms with Crippen molar-refractivity contribution in [2.45, 2.75) is 34.1 Å².